The van der Waals surface area contributed by atoms with Crippen LogP contribution in [0.15, 0.2) is 42.6 Å². The molecule has 1 aromatic carbocycles. The molecular weight excluding hydrogens is 352 g/mol. The summed E-state index contributed by atoms with van der Waals surface area (Å²) in [5, 5.41) is 3.95. The molecule has 0 bridgehead atoms. The van der Waals surface area contributed by atoms with Gasteiger partial charge < -0.3 is 19.9 Å². The molecule has 0 saturated carbocycles. The normalized spacial score (nSPS) is 15.0. The Bertz CT molecular complexity index is 980. The lowest BCUT2D eigenvalue weighted by Crippen LogP contribution is -2.36. The molecule has 6 heteroatoms. The minimum Gasteiger partial charge on any atom is -0.378 e. The van der Waals surface area contributed by atoms with Gasteiger partial charge in [-0.15, -0.1) is 0 Å². The molecule has 4 rings (SSSR count). The van der Waals surface area contributed by atoms with Crippen LogP contribution < -0.4 is 10.2 Å². The van der Waals surface area contributed by atoms with Crippen molar-refractivity contribution in [3.8, 4) is 0 Å². The number of anilines is 2. The molecular formula is C22H26N4O2. The molecule has 146 valence electrons. The van der Waals surface area contributed by atoms with Crippen LogP contribution in [0.1, 0.15) is 36.8 Å². The van der Waals surface area contributed by atoms with Gasteiger partial charge in [-0.1, -0.05) is 32.9 Å². The maximum absolute atomic E-state index is 12.7. The van der Waals surface area contributed by atoms with Crippen molar-refractivity contribution in [3.63, 3.8) is 0 Å². The van der Waals surface area contributed by atoms with Gasteiger partial charge in [0.1, 0.15) is 11.5 Å². The minimum absolute atomic E-state index is 0.0651. The van der Waals surface area contributed by atoms with E-state index in [9.17, 15) is 4.79 Å². The van der Waals surface area contributed by atoms with E-state index >= 15 is 0 Å². The van der Waals surface area contributed by atoms with Crippen molar-refractivity contribution in [2.24, 2.45) is 0 Å². The molecule has 0 unspecified atom stereocenters. The molecule has 6 nitrogen and oxygen atoms in total. The average Bonchev–Trinajstić information content (AvgIpc) is 3.12. The number of morpholine rings is 1. The third-order valence-electron chi connectivity index (χ3n) is 5.07. The van der Waals surface area contributed by atoms with E-state index in [1.54, 1.807) is 6.20 Å². The molecule has 28 heavy (non-hydrogen) atoms. The fourth-order valence-corrected chi connectivity index (χ4v) is 3.35. The van der Waals surface area contributed by atoms with Crippen LogP contribution in [0, 0.1) is 0 Å². The summed E-state index contributed by atoms with van der Waals surface area (Å²) in [6.07, 6.45) is 1.70. The monoisotopic (exact) mass is 378 g/mol. The van der Waals surface area contributed by atoms with E-state index in [0.717, 1.165) is 43.0 Å². The zero-order valence-electron chi connectivity index (χ0n) is 16.6. The quantitative estimate of drug-likeness (QED) is 0.724. The van der Waals surface area contributed by atoms with E-state index in [1.807, 2.05) is 18.2 Å². The summed E-state index contributed by atoms with van der Waals surface area (Å²) in [5.41, 5.74) is 3.49. The summed E-state index contributed by atoms with van der Waals surface area (Å²) in [7, 11) is 0. The van der Waals surface area contributed by atoms with Crippen LogP contribution in [0.4, 0.5) is 11.5 Å². The number of pyridine rings is 1. The number of hydrogen-bond acceptors (Lipinski definition) is 4. The fourth-order valence-electron chi connectivity index (χ4n) is 3.35. The van der Waals surface area contributed by atoms with Gasteiger partial charge in [0.05, 0.1) is 25.1 Å². The summed E-state index contributed by atoms with van der Waals surface area (Å²) in [4.78, 5) is 22.5. The molecule has 1 saturated heterocycles. The van der Waals surface area contributed by atoms with Gasteiger partial charge in [0.15, 0.2) is 0 Å². The smallest absolute Gasteiger partial charge is 0.272 e. The standard InChI is InChI=1S/C22H26N4O2/c1-22(2,3)16-5-4-15-12-19(25-18(15)13-16)21(27)24-17-6-7-20(23-14-17)26-8-10-28-11-9-26/h4-7,12-14,25H,8-11H2,1-3H3,(H,24,27). The predicted octanol–water partition coefficient (Wildman–Crippen LogP) is 3.95. The van der Waals surface area contributed by atoms with E-state index in [0.29, 0.717) is 11.4 Å². The Morgan fingerprint density at radius 3 is 2.61 bits per heavy atom. The highest BCUT2D eigenvalue weighted by Crippen LogP contribution is 2.26. The maximum Gasteiger partial charge on any atom is 0.272 e. The molecule has 0 atom stereocenters. The van der Waals surface area contributed by atoms with Crippen molar-refractivity contribution < 1.29 is 9.53 Å². The SMILES string of the molecule is CC(C)(C)c1ccc2cc(C(=O)Nc3ccc(N4CCOCC4)nc3)[nH]c2c1. The number of nitrogens with one attached hydrogen (secondary N) is 2. The second-order valence-corrected chi connectivity index (χ2v) is 8.19. The average molecular weight is 378 g/mol. The molecule has 3 aromatic rings. The van der Waals surface area contributed by atoms with Gasteiger partial charge in [0.25, 0.3) is 5.91 Å². The zero-order chi connectivity index (χ0) is 19.7. The number of rotatable bonds is 3. The summed E-state index contributed by atoms with van der Waals surface area (Å²) in [6, 6.07) is 12.0. The van der Waals surface area contributed by atoms with Crippen LogP contribution in [0.3, 0.4) is 0 Å². The van der Waals surface area contributed by atoms with Crippen LogP contribution in [-0.2, 0) is 10.2 Å². The van der Waals surface area contributed by atoms with Gasteiger partial charge in [0, 0.05) is 24.0 Å². The Labute approximate surface area is 164 Å². The summed E-state index contributed by atoms with van der Waals surface area (Å²) in [5.74, 6) is 0.732. The highest BCUT2D eigenvalue weighted by atomic mass is 16.5. The molecule has 2 N–H and O–H groups in total. The van der Waals surface area contributed by atoms with E-state index < -0.39 is 0 Å². The molecule has 1 aliphatic heterocycles. The molecule has 1 aliphatic rings. The van der Waals surface area contributed by atoms with Crippen molar-refractivity contribution in [2.75, 3.05) is 36.5 Å². The first-order chi connectivity index (χ1) is 13.4. The third-order valence-corrected chi connectivity index (χ3v) is 5.07. The second-order valence-electron chi connectivity index (χ2n) is 8.19. The second kappa shape index (κ2) is 7.28. The van der Waals surface area contributed by atoms with E-state index in [4.69, 9.17) is 4.74 Å². The topological polar surface area (TPSA) is 70.2 Å². The summed E-state index contributed by atoms with van der Waals surface area (Å²) >= 11 is 0. The van der Waals surface area contributed by atoms with E-state index in [-0.39, 0.29) is 11.3 Å². The predicted molar refractivity (Wildman–Crippen MR) is 112 cm³/mol. The van der Waals surface area contributed by atoms with Gasteiger partial charge in [-0.05, 0) is 35.2 Å². The molecule has 0 spiro atoms. The third kappa shape index (κ3) is 3.87. The van der Waals surface area contributed by atoms with Crippen molar-refractivity contribution in [3.05, 3.63) is 53.9 Å². The van der Waals surface area contributed by atoms with Gasteiger partial charge in [-0.3, -0.25) is 4.79 Å². The minimum atomic E-state index is -0.172. The van der Waals surface area contributed by atoms with E-state index in [1.165, 1.54) is 5.56 Å². The number of aromatic amines is 1. The number of carbonyl (C=O) groups excluding carboxylic acids is 1. The van der Waals surface area contributed by atoms with E-state index in [2.05, 4.69) is 59.2 Å². The Hall–Kier alpha value is -2.86. The number of amides is 1. The van der Waals surface area contributed by atoms with Gasteiger partial charge in [-0.25, -0.2) is 4.98 Å². The number of hydrogen-bond donors (Lipinski definition) is 2. The molecule has 1 amide bonds. The lowest BCUT2D eigenvalue weighted by atomic mass is 9.87. The Morgan fingerprint density at radius 1 is 1.14 bits per heavy atom. The fraction of sp³-hybridized carbons (Fsp3) is 0.364. The lowest BCUT2D eigenvalue weighted by Gasteiger charge is -2.27. The highest BCUT2D eigenvalue weighted by Gasteiger charge is 2.16. The number of aromatic nitrogens is 2. The first-order valence-corrected chi connectivity index (χ1v) is 9.63. The van der Waals surface area contributed by atoms with Crippen molar-refractivity contribution in [2.45, 2.75) is 26.2 Å². The van der Waals surface area contributed by atoms with Crippen molar-refractivity contribution in [1.82, 2.24) is 9.97 Å². The van der Waals surface area contributed by atoms with Crippen LogP contribution in [0.2, 0.25) is 0 Å². The molecule has 1 fully saturated rings. The number of benzene rings is 1. The molecule has 0 aliphatic carbocycles. The number of H-pyrrole nitrogens is 1. The van der Waals surface area contributed by atoms with Gasteiger partial charge in [-0.2, -0.15) is 0 Å². The summed E-state index contributed by atoms with van der Waals surface area (Å²) in [6.45, 7) is 9.65. The maximum atomic E-state index is 12.7. The number of fused-ring (bicyclic) bond motifs is 1. The highest BCUT2D eigenvalue weighted by molar-refractivity contribution is 6.05. The number of nitrogens with zero attached hydrogens (tertiary/aromatic N) is 2. The molecule has 2 aromatic heterocycles. The molecule has 0 radical (unpaired) electrons. The largest absolute Gasteiger partial charge is 0.378 e. The Morgan fingerprint density at radius 2 is 1.93 bits per heavy atom. The van der Waals surface area contributed by atoms with Crippen LogP contribution in [0.25, 0.3) is 10.9 Å². The summed E-state index contributed by atoms with van der Waals surface area (Å²) < 4.78 is 5.37. The lowest BCUT2D eigenvalue weighted by molar-refractivity contribution is 0.102. The van der Waals surface area contributed by atoms with Gasteiger partial charge >= 0.3 is 0 Å². The van der Waals surface area contributed by atoms with Crippen LogP contribution in [-0.4, -0.2) is 42.2 Å². The first-order valence-electron chi connectivity index (χ1n) is 9.63. The molecule has 3 heterocycles. The Balaban J connectivity index is 1.48. The van der Waals surface area contributed by atoms with Crippen LogP contribution in [0.5, 0.6) is 0 Å². The van der Waals surface area contributed by atoms with Crippen LogP contribution >= 0.6 is 0 Å². The zero-order valence-corrected chi connectivity index (χ0v) is 16.6. The van der Waals surface area contributed by atoms with Gasteiger partial charge in [0.2, 0.25) is 0 Å². The first kappa shape index (κ1) is 18.5. The number of ether oxygens (including phenoxy) is 1. The Kier molecular flexibility index (Phi) is 4.81. The number of carbonyl (C=O) groups is 1. The van der Waals surface area contributed by atoms with Crippen molar-refractivity contribution >= 4 is 28.3 Å². The van der Waals surface area contributed by atoms with Crippen molar-refractivity contribution in [1.29, 1.82) is 0 Å².